The lowest BCUT2D eigenvalue weighted by atomic mass is 10.2. The Labute approximate surface area is 151 Å². The molecule has 0 aliphatic carbocycles. The quantitative estimate of drug-likeness (QED) is 0.892. The zero-order chi connectivity index (χ0) is 17.9. The lowest BCUT2D eigenvalue weighted by molar-refractivity contribution is -0.121. The fourth-order valence-electron chi connectivity index (χ4n) is 3.05. The van der Waals surface area contributed by atoms with Crippen LogP contribution in [0, 0.1) is 0 Å². The van der Waals surface area contributed by atoms with E-state index in [1.165, 1.54) is 0 Å². The molecule has 0 aromatic heterocycles. The Kier molecular flexibility index (Phi) is 4.35. The van der Waals surface area contributed by atoms with Crippen molar-refractivity contribution in [3.63, 3.8) is 0 Å². The predicted octanol–water partition coefficient (Wildman–Crippen LogP) is 1.97. The van der Waals surface area contributed by atoms with Crippen LogP contribution in [0.2, 0.25) is 0 Å². The first kappa shape index (κ1) is 16.3. The largest absolute Gasteiger partial charge is 0.454 e. The second-order valence-corrected chi connectivity index (χ2v) is 6.16. The molecule has 0 saturated carbocycles. The van der Waals surface area contributed by atoms with Gasteiger partial charge in [-0.15, -0.1) is 0 Å². The molecule has 0 bridgehead atoms. The van der Waals surface area contributed by atoms with Gasteiger partial charge in [-0.05, 0) is 17.7 Å². The molecule has 2 aromatic rings. The van der Waals surface area contributed by atoms with Crippen LogP contribution in [0.4, 0.5) is 10.5 Å². The summed E-state index contributed by atoms with van der Waals surface area (Å²) in [6.07, 6.45) is 0. The monoisotopic (exact) mass is 353 g/mol. The Morgan fingerprint density at radius 1 is 1.04 bits per heavy atom. The number of nitrogens with zero attached hydrogens (tertiary/aromatic N) is 2. The van der Waals surface area contributed by atoms with Crippen molar-refractivity contribution >= 4 is 17.6 Å². The third-order valence-electron chi connectivity index (χ3n) is 4.43. The predicted molar refractivity (Wildman–Crippen MR) is 95.2 cm³/mol. The number of hydrogen-bond donors (Lipinski definition) is 1. The van der Waals surface area contributed by atoms with Crippen LogP contribution in [-0.2, 0) is 11.3 Å². The van der Waals surface area contributed by atoms with Crippen LogP contribution in [0.3, 0.4) is 0 Å². The highest BCUT2D eigenvalue weighted by molar-refractivity contribution is 5.96. The summed E-state index contributed by atoms with van der Waals surface area (Å²) in [5.74, 6) is 1.14. The van der Waals surface area contributed by atoms with Gasteiger partial charge in [0.05, 0.1) is 0 Å². The van der Waals surface area contributed by atoms with Crippen molar-refractivity contribution in [2.45, 2.75) is 6.54 Å². The minimum atomic E-state index is -0.182. The summed E-state index contributed by atoms with van der Waals surface area (Å²) in [5, 5.41) is 2.85. The summed E-state index contributed by atoms with van der Waals surface area (Å²) in [6, 6.07) is 14.9. The highest BCUT2D eigenvalue weighted by atomic mass is 16.7. The van der Waals surface area contributed by atoms with Gasteiger partial charge >= 0.3 is 6.03 Å². The molecule has 2 aromatic carbocycles. The lowest BCUT2D eigenvalue weighted by Crippen LogP contribution is -2.39. The van der Waals surface area contributed by atoms with E-state index in [4.69, 9.17) is 9.47 Å². The molecule has 4 rings (SSSR count). The maximum Gasteiger partial charge on any atom is 0.325 e. The Balaban J connectivity index is 1.34. The second-order valence-electron chi connectivity index (χ2n) is 6.16. The summed E-state index contributed by atoms with van der Waals surface area (Å²) < 4.78 is 10.7. The average Bonchev–Trinajstić information content (AvgIpc) is 3.27. The molecule has 1 N–H and O–H groups in total. The van der Waals surface area contributed by atoms with Crippen LogP contribution < -0.4 is 19.7 Å². The average molecular weight is 353 g/mol. The SMILES string of the molecule is O=C(CN1CCN(c2ccc3c(c2)OCO3)C1=O)NCc1ccccc1. The van der Waals surface area contributed by atoms with Gasteiger partial charge in [-0.1, -0.05) is 30.3 Å². The highest BCUT2D eigenvalue weighted by Gasteiger charge is 2.31. The number of rotatable bonds is 5. The van der Waals surface area contributed by atoms with E-state index in [2.05, 4.69) is 5.32 Å². The lowest BCUT2D eigenvalue weighted by Gasteiger charge is -2.18. The van der Waals surface area contributed by atoms with Crippen molar-refractivity contribution in [3.8, 4) is 11.5 Å². The van der Waals surface area contributed by atoms with E-state index in [1.54, 1.807) is 21.9 Å². The van der Waals surface area contributed by atoms with Crippen molar-refractivity contribution in [1.82, 2.24) is 10.2 Å². The minimum Gasteiger partial charge on any atom is -0.454 e. The van der Waals surface area contributed by atoms with Crippen molar-refractivity contribution < 1.29 is 19.1 Å². The summed E-state index contributed by atoms with van der Waals surface area (Å²) >= 11 is 0. The number of urea groups is 1. The van der Waals surface area contributed by atoms with E-state index in [0.29, 0.717) is 31.1 Å². The van der Waals surface area contributed by atoms with Gasteiger partial charge in [-0.2, -0.15) is 0 Å². The maximum atomic E-state index is 12.6. The van der Waals surface area contributed by atoms with E-state index in [0.717, 1.165) is 11.3 Å². The van der Waals surface area contributed by atoms with E-state index in [-0.39, 0.29) is 25.3 Å². The molecule has 3 amide bonds. The van der Waals surface area contributed by atoms with Gasteiger partial charge in [0.25, 0.3) is 0 Å². The summed E-state index contributed by atoms with van der Waals surface area (Å²) in [5.41, 5.74) is 1.77. The number of ether oxygens (including phenoxy) is 2. The number of benzene rings is 2. The Morgan fingerprint density at radius 3 is 2.69 bits per heavy atom. The summed E-state index contributed by atoms with van der Waals surface area (Å²) in [4.78, 5) is 28.0. The number of hydrogen-bond acceptors (Lipinski definition) is 4. The zero-order valence-electron chi connectivity index (χ0n) is 14.2. The highest BCUT2D eigenvalue weighted by Crippen LogP contribution is 2.36. The van der Waals surface area contributed by atoms with Gasteiger partial charge < -0.3 is 19.7 Å². The maximum absolute atomic E-state index is 12.6. The molecular formula is C19H19N3O4. The van der Waals surface area contributed by atoms with Crippen molar-refractivity contribution in [2.24, 2.45) is 0 Å². The van der Waals surface area contributed by atoms with Gasteiger partial charge in [0.2, 0.25) is 12.7 Å². The molecule has 2 aliphatic rings. The van der Waals surface area contributed by atoms with Crippen LogP contribution in [0.1, 0.15) is 5.56 Å². The fourth-order valence-corrected chi connectivity index (χ4v) is 3.05. The molecule has 0 unspecified atom stereocenters. The standard InChI is InChI=1S/C19H19N3O4/c23-18(20-11-14-4-2-1-3-5-14)12-21-8-9-22(19(21)24)15-6-7-16-17(10-15)26-13-25-16/h1-7,10H,8-9,11-13H2,(H,20,23). The van der Waals surface area contributed by atoms with Crippen LogP contribution in [0.5, 0.6) is 11.5 Å². The fraction of sp³-hybridized carbons (Fsp3) is 0.263. The Hall–Kier alpha value is -3.22. The van der Waals surface area contributed by atoms with Crippen molar-refractivity contribution in [1.29, 1.82) is 0 Å². The molecular weight excluding hydrogens is 334 g/mol. The third kappa shape index (κ3) is 3.28. The van der Waals surface area contributed by atoms with Crippen LogP contribution in [0.25, 0.3) is 0 Å². The van der Waals surface area contributed by atoms with E-state index < -0.39 is 0 Å². The number of fused-ring (bicyclic) bond motifs is 1. The molecule has 0 radical (unpaired) electrons. The third-order valence-corrected chi connectivity index (χ3v) is 4.43. The van der Waals surface area contributed by atoms with Gasteiger partial charge in [0.1, 0.15) is 6.54 Å². The van der Waals surface area contributed by atoms with Crippen LogP contribution in [0.15, 0.2) is 48.5 Å². The van der Waals surface area contributed by atoms with Gasteiger partial charge in [-0.25, -0.2) is 4.79 Å². The van der Waals surface area contributed by atoms with E-state index in [1.807, 2.05) is 36.4 Å². The number of amides is 3. The molecule has 26 heavy (non-hydrogen) atoms. The first-order valence-corrected chi connectivity index (χ1v) is 8.47. The zero-order valence-corrected chi connectivity index (χ0v) is 14.2. The van der Waals surface area contributed by atoms with Gasteiger partial charge in [0.15, 0.2) is 11.5 Å². The molecule has 7 heteroatoms. The van der Waals surface area contributed by atoms with Gasteiger partial charge in [-0.3, -0.25) is 9.69 Å². The Morgan fingerprint density at radius 2 is 1.85 bits per heavy atom. The Bertz CT molecular complexity index is 825. The second kappa shape index (κ2) is 6.95. The first-order valence-electron chi connectivity index (χ1n) is 8.47. The van der Waals surface area contributed by atoms with E-state index >= 15 is 0 Å². The smallest absolute Gasteiger partial charge is 0.325 e. The van der Waals surface area contributed by atoms with Crippen molar-refractivity contribution in [3.05, 3.63) is 54.1 Å². The number of nitrogens with one attached hydrogen (secondary N) is 1. The molecule has 1 fully saturated rings. The molecule has 2 heterocycles. The minimum absolute atomic E-state index is 0.0483. The summed E-state index contributed by atoms with van der Waals surface area (Å²) in [7, 11) is 0. The molecule has 2 aliphatic heterocycles. The van der Waals surface area contributed by atoms with Gasteiger partial charge in [0, 0.05) is 31.4 Å². The summed E-state index contributed by atoms with van der Waals surface area (Å²) in [6.45, 7) is 1.73. The normalized spacial score (nSPS) is 15.5. The number of carbonyl (C=O) groups excluding carboxylic acids is 2. The number of anilines is 1. The van der Waals surface area contributed by atoms with Crippen LogP contribution in [-0.4, -0.2) is 43.3 Å². The molecule has 0 atom stereocenters. The van der Waals surface area contributed by atoms with E-state index in [9.17, 15) is 9.59 Å². The topological polar surface area (TPSA) is 71.1 Å². The molecule has 134 valence electrons. The number of carbonyl (C=O) groups is 2. The molecule has 1 saturated heterocycles. The van der Waals surface area contributed by atoms with Crippen molar-refractivity contribution in [2.75, 3.05) is 31.3 Å². The first-order chi connectivity index (χ1) is 12.7. The molecule has 7 nitrogen and oxygen atoms in total. The van der Waals surface area contributed by atoms with Crippen LogP contribution >= 0.6 is 0 Å². The molecule has 0 spiro atoms.